The third-order valence-electron chi connectivity index (χ3n) is 2.10. The molecule has 1 aliphatic rings. The molecule has 14 heavy (non-hydrogen) atoms. The third kappa shape index (κ3) is 3.45. The molecule has 0 aromatic carbocycles. The molecule has 1 aliphatic carbocycles. The van der Waals surface area contributed by atoms with Crippen molar-refractivity contribution in [2.45, 2.75) is 25.0 Å². The molecule has 0 aromatic rings. The summed E-state index contributed by atoms with van der Waals surface area (Å²) in [4.78, 5) is 14.5. The van der Waals surface area contributed by atoms with Crippen molar-refractivity contribution in [1.29, 1.82) is 0 Å². The van der Waals surface area contributed by atoms with Gasteiger partial charge in [0.2, 0.25) is 0 Å². The minimum absolute atomic E-state index is 0.120. The number of urea groups is 1. The quantitative estimate of drug-likeness (QED) is 0.421. The number of amidine groups is 1. The number of amides is 2. The number of carbonyl (C=O) groups excluding carboxylic acids is 1. The minimum Gasteiger partial charge on any atom is -0.468 e. The van der Waals surface area contributed by atoms with Crippen LogP contribution in [0.25, 0.3) is 0 Å². The predicted octanol–water partition coefficient (Wildman–Crippen LogP) is 1.10. The van der Waals surface area contributed by atoms with Crippen LogP contribution in [0.1, 0.15) is 19.8 Å². The maximum Gasteiger partial charge on any atom is 0.355 e. The molecule has 0 radical (unpaired) electrons. The van der Waals surface area contributed by atoms with Crippen LogP contribution in [0, 0.1) is 5.92 Å². The van der Waals surface area contributed by atoms with Crippen LogP contribution in [0.2, 0.25) is 0 Å². The largest absolute Gasteiger partial charge is 0.468 e. The summed E-state index contributed by atoms with van der Waals surface area (Å²) in [6.07, 6.45) is 2.34. The minimum atomic E-state index is -0.462. The van der Waals surface area contributed by atoms with Gasteiger partial charge in [-0.2, -0.15) is 0 Å². The van der Waals surface area contributed by atoms with E-state index in [2.05, 4.69) is 21.4 Å². The Bertz CT molecular complexity index is 245. The van der Waals surface area contributed by atoms with E-state index in [1.54, 1.807) is 0 Å². The Hall–Kier alpha value is -0.910. The predicted molar refractivity (Wildman–Crippen MR) is 56.9 cm³/mol. The standard InChI is InChI=1S/C8H15N3O2S/c1-3-5-4-6(5)14-11-8(12)10-7(9)13-2/h5-6H,3-4H2,1-2H3,(H3,9,10,11,12). The van der Waals surface area contributed by atoms with Crippen molar-refractivity contribution in [1.82, 2.24) is 4.72 Å². The molecule has 6 heteroatoms. The SMILES string of the molecule is CCC1CC1SNC(=O)/N=C(/N)OC. The number of nitrogens with zero attached hydrogens (tertiary/aromatic N) is 1. The molecule has 1 fully saturated rings. The molecule has 0 aliphatic heterocycles. The zero-order valence-electron chi connectivity index (χ0n) is 8.32. The molecule has 0 saturated heterocycles. The summed E-state index contributed by atoms with van der Waals surface area (Å²) in [7, 11) is 1.37. The van der Waals surface area contributed by atoms with E-state index in [9.17, 15) is 4.79 Å². The van der Waals surface area contributed by atoms with Crippen molar-refractivity contribution < 1.29 is 9.53 Å². The third-order valence-corrected chi connectivity index (χ3v) is 3.27. The normalized spacial score (nSPS) is 25.7. The van der Waals surface area contributed by atoms with Crippen molar-refractivity contribution in [3.8, 4) is 0 Å². The van der Waals surface area contributed by atoms with Gasteiger partial charge in [-0.05, 0) is 24.3 Å². The molecule has 80 valence electrons. The van der Waals surface area contributed by atoms with Crippen LogP contribution in [0.15, 0.2) is 4.99 Å². The van der Waals surface area contributed by atoms with Gasteiger partial charge in [0, 0.05) is 5.25 Å². The lowest BCUT2D eigenvalue weighted by molar-refractivity contribution is 0.253. The van der Waals surface area contributed by atoms with Gasteiger partial charge in [0.1, 0.15) is 0 Å². The summed E-state index contributed by atoms with van der Waals surface area (Å²) in [5.74, 6) is 0.740. The molecule has 0 heterocycles. The monoisotopic (exact) mass is 217 g/mol. The van der Waals surface area contributed by atoms with E-state index in [0.717, 1.165) is 12.3 Å². The highest BCUT2D eigenvalue weighted by atomic mass is 32.2. The van der Waals surface area contributed by atoms with Gasteiger partial charge in [-0.1, -0.05) is 13.3 Å². The first-order valence-corrected chi connectivity index (χ1v) is 5.39. The number of methoxy groups -OCH3 is 1. The Morgan fingerprint density at radius 2 is 2.50 bits per heavy atom. The van der Waals surface area contributed by atoms with Gasteiger partial charge in [-0.25, -0.2) is 4.79 Å². The summed E-state index contributed by atoms with van der Waals surface area (Å²) in [6, 6.07) is -0.581. The van der Waals surface area contributed by atoms with Gasteiger partial charge in [0.05, 0.1) is 7.11 Å². The number of aliphatic imine (C=N–C) groups is 1. The number of hydrogen-bond acceptors (Lipinski definition) is 3. The molecular formula is C8H15N3O2S. The second kappa shape index (κ2) is 5.09. The molecule has 5 nitrogen and oxygen atoms in total. The van der Waals surface area contributed by atoms with Gasteiger partial charge >= 0.3 is 6.03 Å². The first kappa shape index (κ1) is 11.2. The number of nitrogens with two attached hydrogens (primary N) is 1. The summed E-state index contributed by atoms with van der Waals surface area (Å²) in [5.41, 5.74) is 5.21. The van der Waals surface area contributed by atoms with Gasteiger partial charge in [0.15, 0.2) is 0 Å². The van der Waals surface area contributed by atoms with E-state index in [0.29, 0.717) is 5.25 Å². The highest BCUT2D eigenvalue weighted by molar-refractivity contribution is 7.98. The Labute approximate surface area is 87.6 Å². The summed E-state index contributed by atoms with van der Waals surface area (Å²) in [6.45, 7) is 2.15. The van der Waals surface area contributed by atoms with E-state index < -0.39 is 6.03 Å². The van der Waals surface area contributed by atoms with E-state index in [-0.39, 0.29) is 6.02 Å². The highest BCUT2D eigenvalue weighted by Gasteiger charge is 2.36. The van der Waals surface area contributed by atoms with Crippen LogP contribution < -0.4 is 10.5 Å². The molecule has 0 spiro atoms. The van der Waals surface area contributed by atoms with E-state index in [4.69, 9.17) is 5.73 Å². The topological polar surface area (TPSA) is 76.7 Å². The molecule has 1 saturated carbocycles. The van der Waals surface area contributed by atoms with Crippen molar-refractivity contribution in [3.05, 3.63) is 0 Å². The fraction of sp³-hybridized carbons (Fsp3) is 0.750. The number of hydrogen-bond donors (Lipinski definition) is 2. The van der Waals surface area contributed by atoms with Crippen LogP contribution in [-0.4, -0.2) is 24.4 Å². The van der Waals surface area contributed by atoms with Crippen LogP contribution >= 0.6 is 11.9 Å². The van der Waals surface area contributed by atoms with Gasteiger partial charge in [-0.3, -0.25) is 4.72 Å². The average molecular weight is 217 g/mol. The highest BCUT2D eigenvalue weighted by Crippen LogP contribution is 2.42. The zero-order valence-corrected chi connectivity index (χ0v) is 9.13. The molecule has 3 N–H and O–H groups in total. The first-order valence-electron chi connectivity index (χ1n) is 4.51. The Balaban J connectivity index is 2.16. The summed E-state index contributed by atoms with van der Waals surface area (Å²) >= 11 is 1.42. The van der Waals surface area contributed by atoms with Gasteiger partial charge in [0.25, 0.3) is 6.02 Å². The first-order chi connectivity index (χ1) is 6.67. The zero-order chi connectivity index (χ0) is 10.6. The lowest BCUT2D eigenvalue weighted by Gasteiger charge is -2.00. The molecule has 1 rings (SSSR count). The second-order valence-corrected chi connectivity index (χ2v) is 4.17. The fourth-order valence-electron chi connectivity index (χ4n) is 1.09. The van der Waals surface area contributed by atoms with Gasteiger partial charge in [-0.15, -0.1) is 4.99 Å². The number of ether oxygens (including phenoxy) is 1. The number of nitrogens with one attached hydrogen (secondary N) is 1. The average Bonchev–Trinajstić information content (AvgIpc) is 2.93. The van der Waals surface area contributed by atoms with Crippen molar-refractivity contribution >= 4 is 24.0 Å². The van der Waals surface area contributed by atoms with Crippen molar-refractivity contribution in [2.75, 3.05) is 7.11 Å². The van der Waals surface area contributed by atoms with Gasteiger partial charge < -0.3 is 10.5 Å². The fourth-order valence-corrected chi connectivity index (χ4v) is 2.11. The van der Waals surface area contributed by atoms with E-state index >= 15 is 0 Å². The van der Waals surface area contributed by atoms with Crippen molar-refractivity contribution in [2.24, 2.45) is 16.6 Å². The lowest BCUT2D eigenvalue weighted by Crippen LogP contribution is -2.20. The summed E-state index contributed by atoms with van der Waals surface area (Å²) < 4.78 is 7.15. The second-order valence-electron chi connectivity index (χ2n) is 3.12. The maximum atomic E-state index is 11.1. The van der Waals surface area contributed by atoms with E-state index in [1.165, 1.54) is 25.5 Å². The van der Waals surface area contributed by atoms with Crippen LogP contribution in [0.3, 0.4) is 0 Å². The molecule has 2 unspecified atom stereocenters. The van der Waals surface area contributed by atoms with Crippen LogP contribution in [-0.2, 0) is 4.74 Å². The van der Waals surface area contributed by atoms with Crippen LogP contribution in [0.4, 0.5) is 4.79 Å². The van der Waals surface area contributed by atoms with Crippen molar-refractivity contribution in [3.63, 3.8) is 0 Å². The lowest BCUT2D eigenvalue weighted by atomic mass is 10.3. The van der Waals surface area contributed by atoms with Crippen LogP contribution in [0.5, 0.6) is 0 Å². The number of rotatable bonds is 3. The maximum absolute atomic E-state index is 11.1. The smallest absolute Gasteiger partial charge is 0.355 e. The molecular weight excluding hydrogens is 202 g/mol. The van der Waals surface area contributed by atoms with E-state index in [1.807, 2.05) is 0 Å². The Morgan fingerprint density at radius 3 is 3.00 bits per heavy atom. The Morgan fingerprint density at radius 1 is 1.79 bits per heavy atom. The molecule has 0 bridgehead atoms. The molecule has 2 amide bonds. The summed E-state index contributed by atoms with van der Waals surface area (Å²) in [5, 5.41) is 0.544. The Kier molecular flexibility index (Phi) is 4.06. The molecule has 2 atom stereocenters. The number of carbonyl (C=O) groups is 1. The molecule has 0 aromatic heterocycles.